The first-order valence-corrected chi connectivity index (χ1v) is 11.6. The molecular weight excluding hydrogens is 466 g/mol. The molecule has 0 unspecified atom stereocenters. The van der Waals surface area contributed by atoms with E-state index < -0.39 is 37.2 Å². The third-order valence-electron chi connectivity index (χ3n) is 5.68. The molecule has 176 valence electrons. The molecule has 12 nitrogen and oxygen atoms in total. The van der Waals surface area contributed by atoms with Crippen LogP contribution in [0.15, 0.2) is 47.4 Å². The van der Waals surface area contributed by atoms with Crippen molar-refractivity contribution in [3.63, 3.8) is 0 Å². The second-order valence-electron chi connectivity index (χ2n) is 7.83. The van der Waals surface area contributed by atoms with Crippen molar-refractivity contribution in [3.05, 3.63) is 90.8 Å². The first-order chi connectivity index (χ1) is 16.0. The van der Waals surface area contributed by atoms with E-state index >= 15 is 0 Å². The molecule has 0 atom stereocenters. The zero-order valence-electron chi connectivity index (χ0n) is 18.2. The minimum Gasteiger partial charge on any atom is -0.267 e. The van der Waals surface area contributed by atoms with E-state index in [1.807, 2.05) is 24.3 Å². The SMILES string of the molecule is Cc1nn(C(=O)c2cc([N+](=O)[O-])cc([N+](=O)[O-])c2)c(C)c1S(=O)(=O)N1CCc2ccccc2C1. The lowest BCUT2D eigenvalue weighted by Gasteiger charge is -2.28. The Balaban J connectivity index is 1.74. The van der Waals surface area contributed by atoms with Crippen LogP contribution in [0.3, 0.4) is 0 Å². The van der Waals surface area contributed by atoms with Gasteiger partial charge in [0, 0.05) is 25.2 Å². The van der Waals surface area contributed by atoms with Gasteiger partial charge in [-0.25, -0.2) is 8.42 Å². The molecule has 0 saturated carbocycles. The van der Waals surface area contributed by atoms with Gasteiger partial charge in [-0.2, -0.15) is 14.1 Å². The summed E-state index contributed by atoms with van der Waals surface area (Å²) in [4.78, 5) is 33.6. The van der Waals surface area contributed by atoms with Gasteiger partial charge in [0.15, 0.2) is 0 Å². The molecule has 0 aliphatic carbocycles. The molecule has 1 aromatic heterocycles. The van der Waals surface area contributed by atoms with Crippen molar-refractivity contribution in [1.29, 1.82) is 0 Å². The van der Waals surface area contributed by atoms with Crippen molar-refractivity contribution >= 4 is 27.3 Å². The fraction of sp³-hybridized carbons (Fsp3) is 0.238. The zero-order chi connectivity index (χ0) is 24.8. The number of non-ortho nitro benzene ring substituents is 2. The molecular formula is C21H19N5O7S. The van der Waals surface area contributed by atoms with Gasteiger partial charge in [0.05, 0.1) is 32.9 Å². The quantitative estimate of drug-likeness (QED) is 0.394. The van der Waals surface area contributed by atoms with Crippen LogP contribution in [-0.2, 0) is 23.0 Å². The fourth-order valence-corrected chi connectivity index (χ4v) is 5.83. The summed E-state index contributed by atoms with van der Waals surface area (Å²) in [6, 6.07) is 10.1. The molecule has 1 aliphatic rings. The number of hydrogen-bond donors (Lipinski definition) is 0. The van der Waals surface area contributed by atoms with Crippen molar-refractivity contribution in [2.75, 3.05) is 6.54 Å². The van der Waals surface area contributed by atoms with Crippen LogP contribution in [0.4, 0.5) is 11.4 Å². The molecule has 2 heterocycles. The maximum absolute atomic E-state index is 13.5. The maximum atomic E-state index is 13.5. The highest BCUT2D eigenvalue weighted by atomic mass is 32.2. The number of nitrogens with zero attached hydrogens (tertiary/aromatic N) is 5. The standard InChI is InChI=1S/C21H19N5O7S/c1-13-20(34(32,33)23-8-7-15-5-3-4-6-16(15)12-23)14(2)24(22-13)21(27)17-9-18(25(28)29)11-19(10-17)26(30)31/h3-6,9-11H,7-8,12H2,1-2H3. The highest BCUT2D eigenvalue weighted by Gasteiger charge is 2.34. The number of fused-ring (bicyclic) bond motifs is 1. The van der Waals surface area contributed by atoms with E-state index in [4.69, 9.17) is 0 Å². The second kappa shape index (κ2) is 8.43. The van der Waals surface area contributed by atoms with Gasteiger partial charge in [0.2, 0.25) is 10.0 Å². The first kappa shape index (κ1) is 23.2. The van der Waals surface area contributed by atoms with Gasteiger partial charge in [-0.15, -0.1) is 0 Å². The average molecular weight is 485 g/mol. The minimum absolute atomic E-state index is 0.00974. The van der Waals surface area contributed by atoms with Gasteiger partial charge >= 0.3 is 0 Å². The van der Waals surface area contributed by atoms with Gasteiger partial charge < -0.3 is 0 Å². The molecule has 0 saturated heterocycles. The molecule has 0 bridgehead atoms. The normalized spacial score (nSPS) is 13.9. The van der Waals surface area contributed by atoms with Crippen molar-refractivity contribution in [2.45, 2.75) is 31.7 Å². The number of nitro benzene ring substituents is 2. The molecule has 3 aromatic rings. The molecule has 4 rings (SSSR count). The van der Waals surface area contributed by atoms with Crippen molar-refractivity contribution in [1.82, 2.24) is 14.1 Å². The summed E-state index contributed by atoms with van der Waals surface area (Å²) in [5, 5.41) is 26.4. The van der Waals surface area contributed by atoms with Crippen molar-refractivity contribution in [3.8, 4) is 0 Å². The molecule has 0 radical (unpaired) electrons. The number of carbonyl (C=O) groups excluding carboxylic acids is 1. The monoisotopic (exact) mass is 485 g/mol. The highest BCUT2D eigenvalue weighted by Crippen LogP contribution is 2.30. The van der Waals surface area contributed by atoms with Crippen LogP contribution in [-0.4, -0.2) is 44.8 Å². The predicted octanol–water partition coefficient (Wildman–Crippen LogP) is 2.75. The van der Waals surface area contributed by atoms with Crippen molar-refractivity contribution in [2.24, 2.45) is 0 Å². The Morgan fingerprint density at radius 3 is 2.18 bits per heavy atom. The van der Waals surface area contributed by atoms with E-state index in [2.05, 4.69) is 5.10 Å². The van der Waals surface area contributed by atoms with Crippen LogP contribution >= 0.6 is 0 Å². The third-order valence-corrected chi connectivity index (χ3v) is 7.78. The van der Waals surface area contributed by atoms with Crippen LogP contribution in [0.2, 0.25) is 0 Å². The molecule has 0 amide bonds. The van der Waals surface area contributed by atoms with E-state index in [1.54, 1.807) is 0 Å². The number of nitro groups is 2. The van der Waals surface area contributed by atoms with E-state index in [9.17, 15) is 33.4 Å². The number of rotatable bonds is 5. The summed E-state index contributed by atoms with van der Waals surface area (Å²) in [5.74, 6) is -0.919. The predicted molar refractivity (Wildman–Crippen MR) is 119 cm³/mol. The third kappa shape index (κ3) is 3.95. The van der Waals surface area contributed by atoms with E-state index in [-0.39, 0.29) is 34.9 Å². The average Bonchev–Trinajstić information content (AvgIpc) is 3.12. The Morgan fingerprint density at radius 2 is 1.59 bits per heavy atom. The number of benzene rings is 2. The highest BCUT2D eigenvalue weighted by molar-refractivity contribution is 7.89. The molecule has 0 fully saturated rings. The van der Waals surface area contributed by atoms with Gasteiger partial charge in [-0.3, -0.25) is 25.0 Å². The molecule has 13 heteroatoms. The smallest absolute Gasteiger partial charge is 0.267 e. The summed E-state index contributed by atoms with van der Waals surface area (Å²) in [5.41, 5.74) is 0.404. The number of aryl methyl sites for hydroxylation is 1. The van der Waals surface area contributed by atoms with Crippen LogP contribution < -0.4 is 0 Å². The Kier molecular flexibility index (Phi) is 5.75. The fourth-order valence-electron chi connectivity index (χ4n) is 4.06. The van der Waals surface area contributed by atoms with Crippen LogP contribution in [0.5, 0.6) is 0 Å². The van der Waals surface area contributed by atoms with E-state index in [0.29, 0.717) is 6.42 Å². The van der Waals surface area contributed by atoms with E-state index in [0.717, 1.165) is 34.0 Å². The topological polar surface area (TPSA) is 159 Å². The first-order valence-electron chi connectivity index (χ1n) is 10.1. The van der Waals surface area contributed by atoms with Crippen LogP contribution in [0.25, 0.3) is 0 Å². The molecule has 0 spiro atoms. The summed E-state index contributed by atoms with van der Waals surface area (Å²) < 4.78 is 29.1. The number of hydrogen-bond acceptors (Lipinski definition) is 8. The lowest BCUT2D eigenvalue weighted by molar-refractivity contribution is -0.394. The summed E-state index contributed by atoms with van der Waals surface area (Å²) in [7, 11) is -4.02. The van der Waals surface area contributed by atoms with E-state index in [1.165, 1.54) is 18.2 Å². The Labute approximate surface area is 193 Å². The number of aromatic nitrogens is 2. The molecule has 0 N–H and O–H groups in total. The van der Waals surface area contributed by atoms with Crippen LogP contribution in [0.1, 0.15) is 32.9 Å². The number of sulfonamides is 1. The van der Waals surface area contributed by atoms with Crippen molar-refractivity contribution < 1.29 is 23.1 Å². The Morgan fingerprint density at radius 1 is 1.00 bits per heavy atom. The number of carbonyl (C=O) groups is 1. The Bertz CT molecular complexity index is 1430. The Hall–Kier alpha value is -3.97. The largest absolute Gasteiger partial charge is 0.278 e. The lowest BCUT2D eigenvalue weighted by atomic mass is 10.0. The minimum atomic E-state index is -4.02. The van der Waals surface area contributed by atoms with Gasteiger partial charge in [0.25, 0.3) is 17.3 Å². The second-order valence-corrected chi connectivity index (χ2v) is 9.70. The molecule has 34 heavy (non-hydrogen) atoms. The van der Waals surface area contributed by atoms with Crippen LogP contribution in [0, 0.1) is 34.1 Å². The molecule has 2 aromatic carbocycles. The van der Waals surface area contributed by atoms with Gasteiger partial charge in [-0.1, -0.05) is 24.3 Å². The summed E-state index contributed by atoms with van der Waals surface area (Å²) in [6.45, 7) is 3.27. The van der Waals surface area contributed by atoms with Gasteiger partial charge in [-0.05, 0) is 31.4 Å². The zero-order valence-corrected chi connectivity index (χ0v) is 19.0. The summed E-state index contributed by atoms with van der Waals surface area (Å²) >= 11 is 0. The lowest BCUT2D eigenvalue weighted by Crippen LogP contribution is -2.36. The maximum Gasteiger partial charge on any atom is 0.278 e. The molecule has 1 aliphatic heterocycles. The van der Waals surface area contributed by atoms with Gasteiger partial charge in [0.1, 0.15) is 4.90 Å². The summed E-state index contributed by atoms with van der Waals surface area (Å²) in [6.07, 6.45) is 0.540.